The van der Waals surface area contributed by atoms with Crippen LogP contribution in [0.4, 0.5) is 10.1 Å². The minimum atomic E-state index is -0.214. The Morgan fingerprint density at radius 2 is 1.93 bits per heavy atom. The fraction of sp³-hybridized carbons (Fsp3) is 0.391. The van der Waals surface area contributed by atoms with Gasteiger partial charge in [0.25, 0.3) is 0 Å². The molecule has 0 fully saturated rings. The summed E-state index contributed by atoms with van der Waals surface area (Å²) in [6, 6.07) is 12.9. The summed E-state index contributed by atoms with van der Waals surface area (Å²) >= 11 is 1.73. The summed E-state index contributed by atoms with van der Waals surface area (Å²) < 4.78 is 19.0. The van der Waals surface area contributed by atoms with Crippen molar-refractivity contribution in [2.45, 2.75) is 32.2 Å². The van der Waals surface area contributed by atoms with Crippen molar-refractivity contribution in [2.75, 3.05) is 32.1 Å². The fourth-order valence-corrected chi connectivity index (χ4v) is 4.42. The van der Waals surface area contributed by atoms with Crippen molar-refractivity contribution < 1.29 is 9.13 Å². The number of nitrogens with zero attached hydrogens (tertiary/aromatic N) is 1. The van der Waals surface area contributed by atoms with E-state index in [2.05, 4.69) is 46.9 Å². The Labute approximate surface area is 177 Å². The molecular formula is C23H30FN3OS. The van der Waals surface area contributed by atoms with E-state index in [1.807, 2.05) is 18.2 Å². The molecule has 1 unspecified atom stereocenters. The van der Waals surface area contributed by atoms with Crippen LogP contribution >= 0.6 is 11.8 Å². The van der Waals surface area contributed by atoms with Crippen molar-refractivity contribution in [3.8, 4) is 5.75 Å². The Bertz CT molecular complexity index is 825. The highest BCUT2D eigenvalue weighted by atomic mass is 32.2. The van der Waals surface area contributed by atoms with E-state index in [0.29, 0.717) is 0 Å². The molecule has 0 aliphatic carbocycles. The quantitative estimate of drug-likeness (QED) is 0.517. The summed E-state index contributed by atoms with van der Waals surface area (Å²) in [6.45, 7) is 7.15. The van der Waals surface area contributed by atoms with Crippen molar-refractivity contribution in [3.63, 3.8) is 0 Å². The Morgan fingerprint density at radius 1 is 1.14 bits per heavy atom. The molecule has 4 nitrogen and oxygen atoms in total. The zero-order valence-electron chi connectivity index (χ0n) is 17.4. The molecule has 2 aromatic carbocycles. The number of anilines is 1. The maximum atomic E-state index is 13.4. The summed E-state index contributed by atoms with van der Waals surface area (Å²) in [4.78, 5) is 2.35. The topological polar surface area (TPSA) is 36.5 Å². The van der Waals surface area contributed by atoms with Crippen LogP contribution in [0.5, 0.6) is 5.75 Å². The van der Waals surface area contributed by atoms with Gasteiger partial charge in [0.1, 0.15) is 11.6 Å². The molecule has 0 radical (unpaired) electrons. The van der Waals surface area contributed by atoms with Gasteiger partial charge in [-0.15, -0.1) is 0 Å². The minimum absolute atomic E-state index is 0.0536. The fourth-order valence-electron chi connectivity index (χ4n) is 3.33. The molecule has 156 valence electrons. The SMILES string of the molecule is CCCNCCCN1C(c2ccc(F)cc2)=CSC1Nc1ccc(C)cc1OC. The van der Waals surface area contributed by atoms with Gasteiger partial charge in [-0.3, -0.25) is 0 Å². The normalized spacial score (nSPS) is 16.1. The monoisotopic (exact) mass is 415 g/mol. The van der Waals surface area contributed by atoms with E-state index in [4.69, 9.17) is 4.74 Å². The summed E-state index contributed by atoms with van der Waals surface area (Å²) in [7, 11) is 1.70. The van der Waals surface area contributed by atoms with Gasteiger partial charge in [0.2, 0.25) is 0 Å². The second kappa shape index (κ2) is 10.6. The molecule has 0 saturated carbocycles. The van der Waals surface area contributed by atoms with Gasteiger partial charge in [-0.1, -0.05) is 24.8 Å². The molecule has 2 N–H and O–H groups in total. The number of methoxy groups -OCH3 is 1. The van der Waals surface area contributed by atoms with Crippen molar-refractivity contribution in [2.24, 2.45) is 0 Å². The number of hydrogen-bond donors (Lipinski definition) is 2. The average molecular weight is 416 g/mol. The van der Waals surface area contributed by atoms with Crippen molar-refractivity contribution in [1.82, 2.24) is 10.2 Å². The lowest BCUT2D eigenvalue weighted by Gasteiger charge is -2.31. The van der Waals surface area contributed by atoms with Crippen molar-refractivity contribution >= 4 is 23.1 Å². The second-order valence-corrected chi connectivity index (χ2v) is 8.10. The van der Waals surface area contributed by atoms with Gasteiger partial charge in [0, 0.05) is 6.54 Å². The van der Waals surface area contributed by atoms with Gasteiger partial charge in [-0.2, -0.15) is 0 Å². The number of thioether (sulfide) groups is 1. The van der Waals surface area contributed by atoms with E-state index in [9.17, 15) is 4.39 Å². The maximum Gasteiger partial charge on any atom is 0.152 e. The number of rotatable bonds is 10. The lowest BCUT2D eigenvalue weighted by molar-refractivity contribution is 0.386. The molecule has 3 rings (SSSR count). The van der Waals surface area contributed by atoms with Gasteiger partial charge in [0.15, 0.2) is 5.50 Å². The molecule has 0 aromatic heterocycles. The molecule has 0 amide bonds. The predicted octanol–water partition coefficient (Wildman–Crippen LogP) is 5.28. The molecule has 6 heteroatoms. The highest BCUT2D eigenvalue weighted by Gasteiger charge is 2.28. The van der Waals surface area contributed by atoms with Gasteiger partial charge >= 0.3 is 0 Å². The first kappa shape index (κ1) is 21.5. The Morgan fingerprint density at radius 3 is 2.66 bits per heavy atom. The number of ether oxygens (including phenoxy) is 1. The number of halogens is 1. The zero-order chi connectivity index (χ0) is 20.6. The summed E-state index contributed by atoms with van der Waals surface area (Å²) in [5.41, 5.74) is 4.33. The molecule has 0 saturated heterocycles. The molecule has 29 heavy (non-hydrogen) atoms. The van der Waals surface area contributed by atoms with E-state index in [1.54, 1.807) is 18.9 Å². The standard InChI is InChI=1S/C23H30FN3OS/c1-4-12-25-13-5-14-27-21(18-7-9-19(24)10-8-18)16-29-23(27)26-20-11-6-17(2)15-22(20)28-3/h6-11,15-16,23,25-26H,4-5,12-14H2,1-3H3. The molecule has 0 bridgehead atoms. The first-order valence-electron chi connectivity index (χ1n) is 10.1. The van der Waals surface area contributed by atoms with Crippen LogP contribution in [0.1, 0.15) is 30.9 Å². The maximum absolute atomic E-state index is 13.4. The van der Waals surface area contributed by atoms with E-state index in [0.717, 1.165) is 60.7 Å². The molecule has 1 aliphatic heterocycles. The van der Waals surface area contributed by atoms with E-state index >= 15 is 0 Å². The molecular weight excluding hydrogens is 385 g/mol. The van der Waals surface area contributed by atoms with Gasteiger partial charge in [0.05, 0.1) is 18.5 Å². The Balaban J connectivity index is 1.75. The third-order valence-electron chi connectivity index (χ3n) is 4.86. The third kappa shape index (κ3) is 5.67. The predicted molar refractivity (Wildman–Crippen MR) is 122 cm³/mol. The number of benzene rings is 2. The van der Waals surface area contributed by atoms with Gasteiger partial charge < -0.3 is 20.3 Å². The van der Waals surface area contributed by atoms with E-state index < -0.39 is 0 Å². The van der Waals surface area contributed by atoms with Gasteiger partial charge in [-0.25, -0.2) is 4.39 Å². The summed E-state index contributed by atoms with van der Waals surface area (Å²) in [5, 5.41) is 9.24. The molecule has 2 aromatic rings. The van der Waals surface area contributed by atoms with Crippen LogP contribution in [0.2, 0.25) is 0 Å². The lowest BCUT2D eigenvalue weighted by atomic mass is 10.1. The summed E-state index contributed by atoms with van der Waals surface area (Å²) in [6.07, 6.45) is 2.17. The molecule has 1 aliphatic rings. The molecule has 1 heterocycles. The van der Waals surface area contributed by atoms with E-state index in [-0.39, 0.29) is 11.3 Å². The van der Waals surface area contributed by atoms with Gasteiger partial charge in [-0.05, 0) is 85.8 Å². The number of hydrogen-bond acceptors (Lipinski definition) is 5. The second-order valence-electron chi connectivity index (χ2n) is 7.14. The van der Waals surface area contributed by atoms with Crippen LogP contribution in [0.3, 0.4) is 0 Å². The Hall–Kier alpha value is -2.18. The van der Waals surface area contributed by atoms with E-state index in [1.165, 1.54) is 12.1 Å². The molecule has 1 atom stereocenters. The number of nitrogens with one attached hydrogen (secondary N) is 2. The van der Waals surface area contributed by atoms with Crippen LogP contribution in [0.25, 0.3) is 5.70 Å². The minimum Gasteiger partial charge on any atom is -0.495 e. The van der Waals surface area contributed by atoms with Crippen LogP contribution in [-0.4, -0.2) is 37.1 Å². The highest BCUT2D eigenvalue weighted by Crippen LogP contribution is 2.38. The highest BCUT2D eigenvalue weighted by molar-refractivity contribution is 8.03. The zero-order valence-corrected chi connectivity index (χ0v) is 18.2. The first-order chi connectivity index (χ1) is 14.1. The summed E-state index contributed by atoms with van der Waals surface area (Å²) in [5.74, 6) is 0.625. The van der Waals surface area contributed by atoms with Crippen molar-refractivity contribution in [1.29, 1.82) is 0 Å². The van der Waals surface area contributed by atoms with Crippen LogP contribution in [0.15, 0.2) is 47.9 Å². The van der Waals surface area contributed by atoms with Crippen molar-refractivity contribution in [3.05, 3.63) is 64.8 Å². The molecule has 0 spiro atoms. The largest absolute Gasteiger partial charge is 0.495 e. The number of aryl methyl sites for hydroxylation is 1. The van der Waals surface area contributed by atoms with Crippen LogP contribution in [-0.2, 0) is 0 Å². The first-order valence-corrected chi connectivity index (χ1v) is 11.1. The Kier molecular flexibility index (Phi) is 7.83. The average Bonchev–Trinajstić information content (AvgIpc) is 3.12. The van der Waals surface area contributed by atoms with Crippen LogP contribution in [0, 0.1) is 12.7 Å². The third-order valence-corrected chi connectivity index (χ3v) is 5.85. The lowest BCUT2D eigenvalue weighted by Crippen LogP contribution is -2.36. The van der Waals surface area contributed by atoms with Crippen LogP contribution < -0.4 is 15.4 Å². The smallest absolute Gasteiger partial charge is 0.152 e.